The molecule has 1 aliphatic rings. The van der Waals surface area contributed by atoms with Gasteiger partial charge in [0.05, 0.1) is 16.6 Å². The first-order chi connectivity index (χ1) is 11.7. The quantitative estimate of drug-likeness (QED) is 0.367. The summed E-state index contributed by atoms with van der Waals surface area (Å²) < 4.78 is 4.49. The van der Waals surface area contributed by atoms with E-state index in [1.165, 1.54) is 18.3 Å². The first-order valence-electron chi connectivity index (χ1n) is 7.29. The van der Waals surface area contributed by atoms with E-state index in [0.717, 1.165) is 0 Å². The number of amides is 1. The standard InChI is InChI=1S/C16H13Cl2N3O4/c1-15(9-16(15,17)18)14(22)20-19-8-12-5-6-13(25-12)10-3-2-4-11(7-10)21(23)24/h2-8H,9H2,1H3,(H,20,22). The van der Waals surface area contributed by atoms with Crippen LogP contribution < -0.4 is 5.43 Å². The molecule has 25 heavy (non-hydrogen) atoms. The van der Waals surface area contributed by atoms with Gasteiger partial charge in [0.15, 0.2) is 0 Å². The number of carbonyl (C=O) groups excluding carboxylic acids is 1. The highest BCUT2D eigenvalue weighted by Crippen LogP contribution is 2.63. The fourth-order valence-electron chi connectivity index (χ4n) is 2.27. The zero-order chi connectivity index (χ0) is 18.2. The Balaban J connectivity index is 1.67. The van der Waals surface area contributed by atoms with Crippen molar-refractivity contribution < 1.29 is 14.1 Å². The van der Waals surface area contributed by atoms with Gasteiger partial charge >= 0.3 is 0 Å². The molecule has 1 fully saturated rings. The number of hydrazone groups is 1. The fourth-order valence-corrected chi connectivity index (χ4v) is 2.98. The van der Waals surface area contributed by atoms with E-state index in [-0.39, 0.29) is 11.6 Å². The zero-order valence-corrected chi connectivity index (χ0v) is 14.5. The molecule has 1 saturated carbocycles. The Labute approximate surface area is 152 Å². The molecule has 9 heteroatoms. The van der Waals surface area contributed by atoms with Crippen LogP contribution in [0.3, 0.4) is 0 Å². The number of nitrogens with one attached hydrogen (secondary N) is 1. The van der Waals surface area contributed by atoms with Crippen LogP contribution in [0, 0.1) is 15.5 Å². The molecule has 0 aliphatic heterocycles. The molecule has 1 aliphatic carbocycles. The van der Waals surface area contributed by atoms with Crippen LogP contribution in [0.15, 0.2) is 45.9 Å². The Morgan fingerprint density at radius 3 is 2.76 bits per heavy atom. The third-order valence-electron chi connectivity index (χ3n) is 4.09. The summed E-state index contributed by atoms with van der Waals surface area (Å²) in [5, 5.41) is 14.6. The highest BCUT2D eigenvalue weighted by atomic mass is 35.5. The summed E-state index contributed by atoms with van der Waals surface area (Å²) in [6.45, 7) is 1.66. The van der Waals surface area contributed by atoms with Gasteiger partial charge in [0.1, 0.15) is 15.9 Å². The van der Waals surface area contributed by atoms with E-state index in [9.17, 15) is 14.9 Å². The molecule has 0 spiro atoms. The third kappa shape index (κ3) is 3.38. The van der Waals surface area contributed by atoms with Crippen LogP contribution in [0.5, 0.6) is 0 Å². The van der Waals surface area contributed by atoms with Gasteiger partial charge in [-0.1, -0.05) is 12.1 Å². The lowest BCUT2D eigenvalue weighted by atomic mass is 10.1. The van der Waals surface area contributed by atoms with Crippen LogP contribution in [0.4, 0.5) is 5.69 Å². The van der Waals surface area contributed by atoms with E-state index >= 15 is 0 Å². The minimum absolute atomic E-state index is 0.0281. The number of halogens is 2. The molecule has 0 bridgehead atoms. The van der Waals surface area contributed by atoms with Gasteiger partial charge < -0.3 is 4.42 Å². The average Bonchev–Trinajstić information content (AvgIpc) is 2.90. The number of non-ortho nitro benzene ring substituents is 1. The minimum atomic E-state index is -1.06. The smallest absolute Gasteiger partial charge is 0.270 e. The van der Waals surface area contributed by atoms with Crippen LogP contribution in [0.25, 0.3) is 11.3 Å². The fraction of sp³-hybridized carbons (Fsp3) is 0.250. The molecule has 0 radical (unpaired) electrons. The SMILES string of the molecule is CC1(C(=O)NN=Cc2ccc(-c3cccc([N+](=O)[O-])c3)o2)CC1(Cl)Cl. The maximum Gasteiger partial charge on any atom is 0.270 e. The predicted molar refractivity (Wildman–Crippen MR) is 93.7 cm³/mol. The molecule has 2 aromatic rings. The van der Waals surface area contributed by atoms with Crippen LogP contribution in [-0.4, -0.2) is 21.4 Å². The van der Waals surface area contributed by atoms with Crippen molar-refractivity contribution in [3.8, 4) is 11.3 Å². The molecular formula is C16H13Cl2N3O4. The lowest BCUT2D eigenvalue weighted by molar-refractivity contribution is -0.384. The van der Waals surface area contributed by atoms with Crippen molar-refractivity contribution in [3.05, 3.63) is 52.3 Å². The molecule has 0 saturated heterocycles. The molecule has 3 rings (SSSR count). The average molecular weight is 382 g/mol. The van der Waals surface area contributed by atoms with Crippen molar-refractivity contribution in [2.45, 2.75) is 17.7 Å². The zero-order valence-electron chi connectivity index (χ0n) is 13.0. The van der Waals surface area contributed by atoms with E-state index in [2.05, 4.69) is 10.5 Å². The van der Waals surface area contributed by atoms with Crippen LogP contribution >= 0.6 is 23.2 Å². The van der Waals surface area contributed by atoms with Gasteiger partial charge in [0.2, 0.25) is 5.91 Å². The minimum Gasteiger partial charge on any atom is -0.455 e. The number of nitrogens with zero attached hydrogens (tertiary/aromatic N) is 2. The Hall–Kier alpha value is -2.38. The van der Waals surface area contributed by atoms with E-state index in [4.69, 9.17) is 27.6 Å². The first-order valence-corrected chi connectivity index (χ1v) is 8.04. The van der Waals surface area contributed by atoms with Crippen molar-refractivity contribution in [3.63, 3.8) is 0 Å². The summed E-state index contributed by atoms with van der Waals surface area (Å²) in [4.78, 5) is 22.3. The Morgan fingerprint density at radius 2 is 2.12 bits per heavy atom. The number of hydrogen-bond donors (Lipinski definition) is 1. The highest BCUT2D eigenvalue weighted by Gasteiger charge is 2.68. The number of alkyl halides is 2. The van der Waals surface area contributed by atoms with E-state index in [1.807, 2.05) is 0 Å². The second-order valence-electron chi connectivity index (χ2n) is 5.92. The molecule has 1 N–H and O–H groups in total. The van der Waals surface area contributed by atoms with E-state index in [0.29, 0.717) is 23.5 Å². The molecular weight excluding hydrogens is 369 g/mol. The normalized spacial score (nSPS) is 21.2. The molecule has 130 valence electrons. The van der Waals surface area contributed by atoms with Gasteiger partial charge in [0.25, 0.3) is 5.69 Å². The molecule has 1 aromatic carbocycles. The summed E-state index contributed by atoms with van der Waals surface area (Å²) in [7, 11) is 0. The van der Waals surface area contributed by atoms with Crippen molar-refractivity contribution in [1.82, 2.24) is 5.43 Å². The topological polar surface area (TPSA) is 97.7 Å². The second kappa shape index (κ2) is 6.16. The molecule has 1 unspecified atom stereocenters. The van der Waals surface area contributed by atoms with Gasteiger partial charge in [-0.05, 0) is 25.5 Å². The summed E-state index contributed by atoms with van der Waals surface area (Å²) >= 11 is 11.9. The number of rotatable bonds is 5. The third-order valence-corrected chi connectivity index (χ3v) is 5.19. The summed E-state index contributed by atoms with van der Waals surface area (Å²) in [6.07, 6.45) is 1.69. The number of nitro benzene ring substituents is 1. The molecule has 1 aromatic heterocycles. The first kappa shape index (κ1) is 17.4. The molecule has 1 amide bonds. The van der Waals surface area contributed by atoms with Crippen LogP contribution in [-0.2, 0) is 4.79 Å². The maximum atomic E-state index is 12.0. The van der Waals surface area contributed by atoms with Crippen molar-refractivity contribution in [2.24, 2.45) is 10.5 Å². The molecule has 1 heterocycles. The highest BCUT2D eigenvalue weighted by molar-refractivity contribution is 6.53. The number of hydrogen-bond acceptors (Lipinski definition) is 5. The van der Waals surface area contributed by atoms with Crippen molar-refractivity contribution in [2.75, 3.05) is 0 Å². The molecule has 1 atom stereocenters. The Kier molecular flexibility index (Phi) is 4.30. The number of furan rings is 1. The van der Waals surface area contributed by atoms with E-state index < -0.39 is 14.7 Å². The van der Waals surface area contributed by atoms with Gasteiger partial charge in [-0.3, -0.25) is 14.9 Å². The van der Waals surface area contributed by atoms with Crippen molar-refractivity contribution >= 4 is 41.0 Å². The number of nitro groups is 1. The molecule has 7 nitrogen and oxygen atoms in total. The van der Waals surface area contributed by atoms with Crippen molar-refractivity contribution in [1.29, 1.82) is 0 Å². The largest absolute Gasteiger partial charge is 0.455 e. The van der Waals surface area contributed by atoms with Gasteiger partial charge in [-0.2, -0.15) is 5.10 Å². The number of benzene rings is 1. The Morgan fingerprint density at radius 1 is 1.40 bits per heavy atom. The number of carbonyl (C=O) groups is 1. The van der Waals surface area contributed by atoms with E-state index in [1.54, 1.807) is 31.2 Å². The van der Waals surface area contributed by atoms with Crippen LogP contribution in [0.2, 0.25) is 0 Å². The summed E-state index contributed by atoms with van der Waals surface area (Å²) in [5.74, 6) is 0.455. The maximum absolute atomic E-state index is 12.0. The lowest BCUT2D eigenvalue weighted by Gasteiger charge is -2.08. The summed E-state index contributed by atoms with van der Waals surface area (Å²) in [6, 6.07) is 9.38. The summed E-state index contributed by atoms with van der Waals surface area (Å²) in [5.41, 5.74) is 2.06. The van der Waals surface area contributed by atoms with Crippen LogP contribution in [0.1, 0.15) is 19.1 Å². The predicted octanol–water partition coefficient (Wildman–Crippen LogP) is 3.89. The second-order valence-corrected chi connectivity index (χ2v) is 7.41. The van der Waals surface area contributed by atoms with Gasteiger partial charge in [-0.25, -0.2) is 5.43 Å². The van der Waals surface area contributed by atoms with Gasteiger partial charge in [0, 0.05) is 17.7 Å². The Bertz CT molecular complexity index is 878. The monoisotopic (exact) mass is 381 g/mol. The lowest BCUT2D eigenvalue weighted by Crippen LogP contribution is -2.29. The van der Waals surface area contributed by atoms with Gasteiger partial charge in [-0.15, -0.1) is 23.2 Å².